The monoisotopic (exact) mass is 340 g/mol. The van der Waals surface area contributed by atoms with Gasteiger partial charge in [-0.05, 0) is 35.9 Å². The summed E-state index contributed by atoms with van der Waals surface area (Å²) in [4.78, 5) is 11.9. The standard InChI is InChI=1S/C18H28N2O2.ClH/c1-18(2,3)14-8-6-13(7-9-14)16(21)12-20-17(22)11-15-5-4-10-19-15;/h6-9,15-16,19,21H,4-5,10-12H2,1-3H3,(H,20,22);1H. The van der Waals surface area contributed by atoms with Gasteiger partial charge in [0, 0.05) is 19.0 Å². The van der Waals surface area contributed by atoms with Gasteiger partial charge in [-0.15, -0.1) is 12.4 Å². The first-order valence-corrected chi connectivity index (χ1v) is 8.15. The van der Waals surface area contributed by atoms with Gasteiger partial charge < -0.3 is 15.7 Å². The molecular formula is C18H29ClN2O2. The van der Waals surface area contributed by atoms with Crippen molar-refractivity contribution in [2.75, 3.05) is 13.1 Å². The summed E-state index contributed by atoms with van der Waals surface area (Å²) in [5, 5.41) is 16.3. The Hall–Kier alpha value is -1.10. The summed E-state index contributed by atoms with van der Waals surface area (Å²) in [7, 11) is 0. The summed E-state index contributed by atoms with van der Waals surface area (Å²) in [6.45, 7) is 7.75. The second-order valence-corrected chi connectivity index (χ2v) is 7.19. The van der Waals surface area contributed by atoms with E-state index in [-0.39, 0.29) is 30.3 Å². The van der Waals surface area contributed by atoms with Gasteiger partial charge in [-0.2, -0.15) is 0 Å². The molecule has 1 aliphatic heterocycles. The van der Waals surface area contributed by atoms with E-state index in [4.69, 9.17) is 0 Å². The third-order valence-electron chi connectivity index (χ3n) is 4.25. The highest BCUT2D eigenvalue weighted by Gasteiger charge is 2.18. The van der Waals surface area contributed by atoms with E-state index in [2.05, 4.69) is 31.4 Å². The maximum absolute atomic E-state index is 11.9. The number of hydrogen-bond acceptors (Lipinski definition) is 3. The molecule has 2 unspecified atom stereocenters. The number of amides is 1. The first-order chi connectivity index (χ1) is 10.4. The predicted molar refractivity (Wildman–Crippen MR) is 96.0 cm³/mol. The lowest BCUT2D eigenvalue weighted by atomic mass is 9.86. The molecule has 2 atom stereocenters. The van der Waals surface area contributed by atoms with E-state index in [1.165, 1.54) is 5.56 Å². The number of hydrogen-bond donors (Lipinski definition) is 3. The van der Waals surface area contributed by atoms with Gasteiger partial charge in [-0.25, -0.2) is 0 Å². The zero-order valence-corrected chi connectivity index (χ0v) is 15.1. The molecule has 23 heavy (non-hydrogen) atoms. The van der Waals surface area contributed by atoms with E-state index < -0.39 is 6.10 Å². The number of halogens is 1. The van der Waals surface area contributed by atoms with Crippen LogP contribution in [-0.2, 0) is 10.2 Å². The normalized spacial score (nSPS) is 19.0. The van der Waals surface area contributed by atoms with Crippen LogP contribution in [-0.4, -0.2) is 30.1 Å². The fraction of sp³-hybridized carbons (Fsp3) is 0.611. The second-order valence-electron chi connectivity index (χ2n) is 7.19. The van der Waals surface area contributed by atoms with Crippen molar-refractivity contribution in [3.63, 3.8) is 0 Å². The first-order valence-electron chi connectivity index (χ1n) is 8.15. The van der Waals surface area contributed by atoms with Gasteiger partial charge in [0.2, 0.25) is 5.91 Å². The van der Waals surface area contributed by atoms with Crippen LogP contribution in [0, 0.1) is 0 Å². The predicted octanol–water partition coefficient (Wildman–Crippen LogP) is 2.70. The van der Waals surface area contributed by atoms with Gasteiger partial charge in [0.15, 0.2) is 0 Å². The zero-order chi connectivity index (χ0) is 16.2. The Morgan fingerprint density at radius 3 is 2.52 bits per heavy atom. The van der Waals surface area contributed by atoms with Gasteiger partial charge in [-0.3, -0.25) is 4.79 Å². The van der Waals surface area contributed by atoms with Crippen molar-refractivity contribution < 1.29 is 9.90 Å². The van der Waals surface area contributed by atoms with E-state index in [1.54, 1.807) is 0 Å². The topological polar surface area (TPSA) is 61.4 Å². The Morgan fingerprint density at radius 2 is 2.00 bits per heavy atom. The van der Waals surface area contributed by atoms with Crippen LogP contribution in [0.1, 0.15) is 57.3 Å². The molecule has 1 aromatic carbocycles. The average Bonchev–Trinajstić information content (AvgIpc) is 2.97. The van der Waals surface area contributed by atoms with Crippen molar-refractivity contribution in [3.05, 3.63) is 35.4 Å². The van der Waals surface area contributed by atoms with Crippen LogP contribution in [0.4, 0.5) is 0 Å². The summed E-state index contributed by atoms with van der Waals surface area (Å²) >= 11 is 0. The lowest BCUT2D eigenvalue weighted by Crippen LogP contribution is -2.34. The Kier molecular flexibility index (Phi) is 7.52. The number of aliphatic hydroxyl groups excluding tert-OH is 1. The van der Waals surface area contributed by atoms with Crippen molar-refractivity contribution in [1.82, 2.24) is 10.6 Å². The Balaban J connectivity index is 0.00000264. The van der Waals surface area contributed by atoms with Crippen molar-refractivity contribution in [1.29, 1.82) is 0 Å². The van der Waals surface area contributed by atoms with Gasteiger partial charge in [0.25, 0.3) is 0 Å². The summed E-state index contributed by atoms with van der Waals surface area (Å²) in [6, 6.07) is 8.26. The summed E-state index contributed by atoms with van der Waals surface area (Å²) in [5.41, 5.74) is 2.18. The van der Waals surface area contributed by atoms with Crippen LogP contribution in [0.5, 0.6) is 0 Å². The highest BCUT2D eigenvalue weighted by Crippen LogP contribution is 2.23. The molecule has 1 aromatic rings. The van der Waals surface area contributed by atoms with Crippen molar-refractivity contribution in [2.45, 2.75) is 57.6 Å². The third-order valence-corrected chi connectivity index (χ3v) is 4.25. The molecule has 0 saturated carbocycles. The molecule has 0 aliphatic carbocycles. The number of benzene rings is 1. The van der Waals surface area contributed by atoms with Crippen LogP contribution in [0.3, 0.4) is 0 Å². The molecule has 0 aromatic heterocycles. The molecule has 3 N–H and O–H groups in total. The van der Waals surface area contributed by atoms with E-state index in [1.807, 2.05) is 24.3 Å². The van der Waals surface area contributed by atoms with Crippen LogP contribution in [0.2, 0.25) is 0 Å². The largest absolute Gasteiger partial charge is 0.387 e. The van der Waals surface area contributed by atoms with E-state index in [9.17, 15) is 9.90 Å². The Morgan fingerprint density at radius 1 is 1.35 bits per heavy atom. The van der Waals surface area contributed by atoms with Crippen molar-refractivity contribution >= 4 is 18.3 Å². The number of carbonyl (C=O) groups is 1. The van der Waals surface area contributed by atoms with Gasteiger partial charge >= 0.3 is 0 Å². The van der Waals surface area contributed by atoms with Crippen LogP contribution >= 0.6 is 12.4 Å². The molecule has 1 aliphatic rings. The highest BCUT2D eigenvalue weighted by molar-refractivity contribution is 5.85. The smallest absolute Gasteiger partial charge is 0.221 e. The second kappa shape index (κ2) is 8.67. The number of aliphatic hydroxyl groups is 1. The zero-order valence-electron chi connectivity index (χ0n) is 14.3. The molecule has 5 heteroatoms. The molecule has 1 heterocycles. The Labute approximate surface area is 145 Å². The van der Waals surface area contributed by atoms with Gasteiger partial charge in [0.05, 0.1) is 6.10 Å². The summed E-state index contributed by atoms with van der Waals surface area (Å²) in [5.74, 6) is 0.00441. The third kappa shape index (κ3) is 6.13. The van der Waals surface area contributed by atoms with E-state index in [0.29, 0.717) is 12.5 Å². The molecule has 130 valence electrons. The van der Waals surface area contributed by atoms with Crippen LogP contribution in [0.25, 0.3) is 0 Å². The van der Waals surface area contributed by atoms with Gasteiger partial charge in [-0.1, -0.05) is 45.0 Å². The lowest BCUT2D eigenvalue weighted by Gasteiger charge is -2.20. The molecule has 0 bridgehead atoms. The molecule has 0 radical (unpaired) electrons. The lowest BCUT2D eigenvalue weighted by molar-refractivity contribution is -0.122. The number of rotatable bonds is 5. The fourth-order valence-corrected chi connectivity index (χ4v) is 2.76. The molecule has 1 fully saturated rings. The average molecular weight is 341 g/mol. The number of carbonyl (C=O) groups excluding carboxylic acids is 1. The quantitative estimate of drug-likeness (QED) is 0.772. The Bertz CT molecular complexity index is 491. The molecule has 0 spiro atoms. The summed E-state index contributed by atoms with van der Waals surface area (Å²) < 4.78 is 0. The van der Waals surface area contributed by atoms with Crippen LogP contribution in [0.15, 0.2) is 24.3 Å². The molecule has 4 nitrogen and oxygen atoms in total. The van der Waals surface area contributed by atoms with Crippen molar-refractivity contribution in [3.8, 4) is 0 Å². The van der Waals surface area contributed by atoms with Crippen molar-refractivity contribution in [2.24, 2.45) is 0 Å². The van der Waals surface area contributed by atoms with E-state index in [0.717, 1.165) is 24.9 Å². The number of nitrogens with one attached hydrogen (secondary N) is 2. The molecule has 2 rings (SSSR count). The van der Waals surface area contributed by atoms with E-state index >= 15 is 0 Å². The minimum absolute atomic E-state index is 0. The minimum atomic E-state index is -0.658. The SMILES string of the molecule is CC(C)(C)c1ccc(C(O)CNC(=O)CC2CCCN2)cc1.Cl. The molecule has 1 amide bonds. The maximum Gasteiger partial charge on any atom is 0.221 e. The van der Waals surface area contributed by atoms with Gasteiger partial charge in [0.1, 0.15) is 0 Å². The molecule has 1 saturated heterocycles. The fourth-order valence-electron chi connectivity index (χ4n) is 2.76. The maximum atomic E-state index is 11.9. The summed E-state index contributed by atoms with van der Waals surface area (Å²) in [6.07, 6.45) is 2.04. The molecular weight excluding hydrogens is 312 g/mol. The highest BCUT2D eigenvalue weighted by atomic mass is 35.5. The minimum Gasteiger partial charge on any atom is -0.387 e. The van der Waals surface area contributed by atoms with Crippen LogP contribution < -0.4 is 10.6 Å². The first kappa shape index (κ1) is 19.9.